The van der Waals surface area contributed by atoms with Gasteiger partial charge in [0.05, 0.1) is 6.61 Å². The molecule has 0 amide bonds. The van der Waals surface area contributed by atoms with Gasteiger partial charge < -0.3 is 9.47 Å². The van der Waals surface area contributed by atoms with Crippen LogP contribution in [0.15, 0.2) is 47.9 Å². The van der Waals surface area contributed by atoms with Gasteiger partial charge in [-0.3, -0.25) is 0 Å². The molecule has 1 N–H and O–H groups in total. The molecule has 0 atom stereocenters. The Hall–Kier alpha value is -2.22. The van der Waals surface area contributed by atoms with Gasteiger partial charge in [-0.25, -0.2) is 17.5 Å². The quantitative estimate of drug-likeness (QED) is 0.857. The second kappa shape index (κ2) is 7.77. The normalized spacial score (nSPS) is 14.3. The molecule has 0 unspecified atom stereocenters. The molecular formula is C18H18FNO4S. The van der Waals surface area contributed by atoms with Gasteiger partial charge in [-0.05, 0) is 35.8 Å². The number of rotatable bonds is 6. The zero-order valence-electron chi connectivity index (χ0n) is 13.4. The lowest BCUT2D eigenvalue weighted by Crippen LogP contribution is -2.24. The topological polar surface area (TPSA) is 64.6 Å². The smallest absolute Gasteiger partial charge is 0.233 e. The van der Waals surface area contributed by atoms with Crippen molar-refractivity contribution < 1.29 is 22.3 Å². The molecule has 0 spiro atoms. The third-order valence-electron chi connectivity index (χ3n) is 3.69. The fourth-order valence-corrected chi connectivity index (χ4v) is 3.37. The maximum atomic E-state index is 13.7. The summed E-state index contributed by atoms with van der Waals surface area (Å²) in [6.45, 7) is 0.532. The van der Waals surface area contributed by atoms with Crippen molar-refractivity contribution >= 4 is 16.1 Å². The highest BCUT2D eigenvalue weighted by atomic mass is 32.2. The fraction of sp³-hybridized carbons (Fsp3) is 0.222. The highest BCUT2D eigenvalue weighted by Crippen LogP contribution is 2.29. The second-order valence-electron chi connectivity index (χ2n) is 5.57. The molecule has 0 saturated heterocycles. The highest BCUT2D eigenvalue weighted by Gasteiger charge is 2.17. The first kappa shape index (κ1) is 17.6. The van der Waals surface area contributed by atoms with Crippen molar-refractivity contribution in [3.63, 3.8) is 0 Å². The Bertz CT molecular complexity index is 866. The molecule has 0 aromatic heterocycles. The van der Waals surface area contributed by atoms with Gasteiger partial charge in [0.2, 0.25) is 10.0 Å². The average Bonchev–Trinajstić information content (AvgIpc) is 2.61. The van der Waals surface area contributed by atoms with Gasteiger partial charge in [-0.1, -0.05) is 30.3 Å². The van der Waals surface area contributed by atoms with E-state index in [1.165, 1.54) is 18.2 Å². The summed E-state index contributed by atoms with van der Waals surface area (Å²) in [6.07, 6.45) is 1.84. The zero-order valence-corrected chi connectivity index (χ0v) is 14.3. The summed E-state index contributed by atoms with van der Waals surface area (Å²) >= 11 is 0. The maximum absolute atomic E-state index is 13.7. The maximum Gasteiger partial charge on any atom is 0.233 e. The number of nitrogens with one attached hydrogen (secondary N) is 1. The van der Waals surface area contributed by atoms with Crippen molar-refractivity contribution in [3.05, 3.63) is 70.4 Å². The van der Waals surface area contributed by atoms with Gasteiger partial charge in [0, 0.05) is 17.5 Å². The van der Waals surface area contributed by atoms with Crippen LogP contribution in [-0.4, -0.2) is 21.8 Å². The Morgan fingerprint density at radius 2 is 2.00 bits per heavy atom. The first-order valence-corrected chi connectivity index (χ1v) is 9.33. The number of benzene rings is 2. The molecule has 0 radical (unpaired) electrons. The summed E-state index contributed by atoms with van der Waals surface area (Å²) in [7, 11) is -3.57. The SMILES string of the molecule is O=S(=O)(/C=C\c1ccccc1)NCCc1cc(F)cc2c1OCOC2. The third-order valence-corrected chi connectivity index (χ3v) is 4.79. The predicted molar refractivity (Wildman–Crippen MR) is 92.8 cm³/mol. The minimum atomic E-state index is -3.57. The van der Waals surface area contributed by atoms with Gasteiger partial charge in [0.25, 0.3) is 0 Å². The van der Waals surface area contributed by atoms with Crippen molar-refractivity contribution in [1.82, 2.24) is 4.72 Å². The van der Waals surface area contributed by atoms with E-state index in [2.05, 4.69) is 4.72 Å². The predicted octanol–water partition coefficient (Wildman–Crippen LogP) is 2.83. The van der Waals surface area contributed by atoms with E-state index in [9.17, 15) is 12.8 Å². The fourth-order valence-electron chi connectivity index (χ4n) is 2.55. The molecule has 0 bridgehead atoms. The first-order valence-electron chi connectivity index (χ1n) is 7.78. The van der Waals surface area contributed by atoms with E-state index < -0.39 is 15.8 Å². The molecule has 2 aromatic carbocycles. The van der Waals surface area contributed by atoms with E-state index in [0.717, 1.165) is 11.0 Å². The van der Waals surface area contributed by atoms with Crippen molar-refractivity contribution in [2.75, 3.05) is 13.3 Å². The largest absolute Gasteiger partial charge is 0.467 e. The molecule has 7 heteroatoms. The monoisotopic (exact) mass is 363 g/mol. The number of fused-ring (bicyclic) bond motifs is 1. The molecule has 3 rings (SSSR count). The van der Waals surface area contributed by atoms with Gasteiger partial charge >= 0.3 is 0 Å². The number of halogens is 1. The van der Waals surface area contributed by atoms with Crippen LogP contribution in [0.2, 0.25) is 0 Å². The summed E-state index contributed by atoms with van der Waals surface area (Å²) in [5.41, 5.74) is 2.04. The van der Waals surface area contributed by atoms with Crippen molar-refractivity contribution in [1.29, 1.82) is 0 Å². The van der Waals surface area contributed by atoms with E-state index in [0.29, 0.717) is 23.3 Å². The van der Waals surface area contributed by atoms with Crippen LogP contribution in [0.5, 0.6) is 5.75 Å². The van der Waals surface area contributed by atoms with Crippen molar-refractivity contribution in [2.24, 2.45) is 0 Å². The molecule has 25 heavy (non-hydrogen) atoms. The number of sulfonamides is 1. The van der Waals surface area contributed by atoms with E-state index in [-0.39, 0.29) is 19.9 Å². The molecule has 1 aliphatic heterocycles. The first-order chi connectivity index (χ1) is 12.0. The minimum absolute atomic E-state index is 0.108. The Morgan fingerprint density at radius 1 is 1.20 bits per heavy atom. The van der Waals surface area contributed by atoms with Gasteiger partial charge in [0.15, 0.2) is 6.79 Å². The van der Waals surface area contributed by atoms with Crippen LogP contribution in [0.25, 0.3) is 6.08 Å². The van der Waals surface area contributed by atoms with Crippen LogP contribution in [0, 0.1) is 5.82 Å². The third kappa shape index (κ3) is 4.88. The van der Waals surface area contributed by atoms with Crippen molar-refractivity contribution in [2.45, 2.75) is 13.0 Å². The van der Waals surface area contributed by atoms with Crippen LogP contribution in [-0.2, 0) is 27.8 Å². The van der Waals surface area contributed by atoms with Gasteiger partial charge in [0.1, 0.15) is 11.6 Å². The molecule has 0 fully saturated rings. The number of ether oxygens (including phenoxy) is 2. The molecule has 0 saturated carbocycles. The lowest BCUT2D eigenvalue weighted by molar-refractivity contribution is -0.0172. The molecule has 2 aromatic rings. The van der Waals surface area contributed by atoms with Crippen LogP contribution in [0.3, 0.4) is 0 Å². The Balaban J connectivity index is 1.63. The molecule has 132 valence electrons. The van der Waals surface area contributed by atoms with E-state index >= 15 is 0 Å². The molecule has 1 heterocycles. The van der Waals surface area contributed by atoms with Gasteiger partial charge in [-0.15, -0.1) is 0 Å². The van der Waals surface area contributed by atoms with E-state index in [1.807, 2.05) is 30.3 Å². The molecule has 5 nitrogen and oxygen atoms in total. The summed E-state index contributed by atoms with van der Waals surface area (Å²) in [4.78, 5) is 0. The Kier molecular flexibility index (Phi) is 5.47. The lowest BCUT2D eigenvalue weighted by atomic mass is 10.1. The van der Waals surface area contributed by atoms with Crippen LogP contribution in [0.4, 0.5) is 4.39 Å². The Labute approximate surface area is 146 Å². The highest BCUT2D eigenvalue weighted by molar-refractivity contribution is 7.92. The number of hydrogen-bond donors (Lipinski definition) is 1. The standard InChI is InChI=1S/C18H18FNO4S/c19-17-10-15(18-16(11-17)12-23-13-24-18)6-8-20-25(21,22)9-7-14-4-2-1-3-5-14/h1-5,7,9-11,20H,6,8,12-13H2/b9-7-. The summed E-state index contributed by atoms with van der Waals surface area (Å²) < 4.78 is 50.7. The molecular weight excluding hydrogens is 345 g/mol. The number of hydrogen-bond acceptors (Lipinski definition) is 4. The minimum Gasteiger partial charge on any atom is -0.467 e. The van der Waals surface area contributed by atoms with Crippen molar-refractivity contribution in [3.8, 4) is 5.75 Å². The summed E-state index contributed by atoms with van der Waals surface area (Å²) in [6, 6.07) is 11.9. The Morgan fingerprint density at radius 3 is 2.80 bits per heavy atom. The molecule has 0 aliphatic carbocycles. The lowest BCUT2D eigenvalue weighted by Gasteiger charge is -2.20. The second-order valence-corrected chi connectivity index (χ2v) is 7.22. The van der Waals surface area contributed by atoms with Crippen LogP contribution < -0.4 is 9.46 Å². The summed E-state index contributed by atoms with van der Waals surface area (Å²) in [5, 5.41) is 1.12. The zero-order chi connectivity index (χ0) is 17.7. The van der Waals surface area contributed by atoms with E-state index in [4.69, 9.17) is 9.47 Å². The van der Waals surface area contributed by atoms with Crippen LogP contribution in [0.1, 0.15) is 16.7 Å². The molecule has 1 aliphatic rings. The van der Waals surface area contributed by atoms with E-state index in [1.54, 1.807) is 0 Å². The summed E-state index contributed by atoms with van der Waals surface area (Å²) in [5.74, 6) is 0.182. The van der Waals surface area contributed by atoms with Crippen LogP contribution >= 0.6 is 0 Å². The average molecular weight is 363 g/mol. The van der Waals surface area contributed by atoms with Gasteiger partial charge in [-0.2, -0.15) is 0 Å².